The Labute approximate surface area is 128 Å². The summed E-state index contributed by atoms with van der Waals surface area (Å²) in [6, 6.07) is 7.05. The number of halogens is 3. The molecule has 0 radical (unpaired) electrons. The summed E-state index contributed by atoms with van der Waals surface area (Å²) >= 11 is 5.75. The number of pyridine rings is 1. The van der Waals surface area contributed by atoms with Crippen molar-refractivity contribution in [1.29, 1.82) is 0 Å². The molecule has 0 aliphatic rings. The Morgan fingerprint density at radius 3 is 2.71 bits per heavy atom. The molecule has 0 saturated carbocycles. The molecule has 0 aliphatic heterocycles. The highest BCUT2D eigenvalue weighted by atomic mass is 35.5. The lowest BCUT2D eigenvalue weighted by molar-refractivity contribution is 0.474. The van der Waals surface area contributed by atoms with Crippen molar-refractivity contribution in [1.82, 2.24) is 10.3 Å². The Morgan fingerprint density at radius 1 is 1.24 bits per heavy atom. The van der Waals surface area contributed by atoms with Gasteiger partial charge in [-0.25, -0.2) is 8.78 Å². The summed E-state index contributed by atoms with van der Waals surface area (Å²) in [4.78, 5) is 4.09. The van der Waals surface area contributed by atoms with E-state index in [4.69, 9.17) is 11.6 Å². The fourth-order valence-corrected chi connectivity index (χ4v) is 2.30. The Balaban J connectivity index is 2.26. The third-order valence-corrected chi connectivity index (χ3v) is 3.43. The largest absolute Gasteiger partial charge is 0.308 e. The molecule has 0 bridgehead atoms. The second-order valence-corrected chi connectivity index (χ2v) is 5.25. The van der Waals surface area contributed by atoms with Gasteiger partial charge in [0.2, 0.25) is 0 Å². The van der Waals surface area contributed by atoms with Gasteiger partial charge in [-0.3, -0.25) is 4.98 Å². The summed E-state index contributed by atoms with van der Waals surface area (Å²) in [6.45, 7) is 2.72. The topological polar surface area (TPSA) is 24.9 Å². The van der Waals surface area contributed by atoms with Crippen LogP contribution < -0.4 is 5.32 Å². The molecule has 1 atom stereocenters. The van der Waals surface area contributed by atoms with Crippen LogP contribution in [0.15, 0.2) is 36.5 Å². The van der Waals surface area contributed by atoms with Crippen LogP contribution in [0.4, 0.5) is 8.78 Å². The third-order valence-electron chi connectivity index (χ3n) is 3.20. The first-order valence-corrected chi connectivity index (χ1v) is 7.27. The van der Waals surface area contributed by atoms with Crippen LogP contribution in [0.3, 0.4) is 0 Å². The molecule has 0 fully saturated rings. The van der Waals surface area contributed by atoms with Gasteiger partial charge in [0.1, 0.15) is 11.6 Å². The van der Waals surface area contributed by atoms with E-state index in [1.807, 2.05) is 6.92 Å². The molecular weight excluding hydrogens is 294 g/mol. The second kappa shape index (κ2) is 7.48. The standard InChI is InChI=1S/C16H17ClF2N2/c1-2-7-20-15(16-13(18)4-3-8-21-16)9-11-5-6-12(17)10-14(11)19/h3-6,8,10,15,20H,2,7,9H2,1H3. The van der Waals surface area contributed by atoms with Crippen LogP contribution in [0, 0.1) is 11.6 Å². The molecule has 0 amide bonds. The van der Waals surface area contributed by atoms with Gasteiger partial charge in [-0.2, -0.15) is 0 Å². The molecule has 1 aromatic heterocycles. The van der Waals surface area contributed by atoms with E-state index in [0.717, 1.165) is 6.42 Å². The smallest absolute Gasteiger partial charge is 0.146 e. The van der Waals surface area contributed by atoms with Crippen molar-refractivity contribution in [2.24, 2.45) is 0 Å². The zero-order chi connectivity index (χ0) is 15.2. The van der Waals surface area contributed by atoms with Gasteiger partial charge in [0.25, 0.3) is 0 Å². The van der Waals surface area contributed by atoms with Crippen molar-refractivity contribution in [2.75, 3.05) is 6.54 Å². The molecule has 21 heavy (non-hydrogen) atoms. The maximum absolute atomic E-state index is 13.9. The van der Waals surface area contributed by atoms with Crippen molar-refractivity contribution in [3.8, 4) is 0 Å². The lowest BCUT2D eigenvalue weighted by atomic mass is 10.0. The minimum atomic E-state index is -0.388. The maximum Gasteiger partial charge on any atom is 0.146 e. The van der Waals surface area contributed by atoms with Crippen molar-refractivity contribution < 1.29 is 8.78 Å². The number of hydrogen-bond donors (Lipinski definition) is 1. The van der Waals surface area contributed by atoms with Gasteiger partial charge in [0, 0.05) is 11.2 Å². The molecule has 2 nitrogen and oxygen atoms in total. The molecular formula is C16H17ClF2N2. The Hall–Kier alpha value is -1.52. The summed E-state index contributed by atoms with van der Waals surface area (Å²) < 4.78 is 27.8. The van der Waals surface area contributed by atoms with Gasteiger partial charge in [-0.15, -0.1) is 0 Å². The van der Waals surface area contributed by atoms with Crippen LogP contribution in [-0.2, 0) is 6.42 Å². The number of rotatable bonds is 6. The summed E-state index contributed by atoms with van der Waals surface area (Å²) in [6.07, 6.45) is 2.75. The van der Waals surface area contributed by atoms with Crippen LogP contribution in [0.25, 0.3) is 0 Å². The van der Waals surface area contributed by atoms with Crippen LogP contribution in [0.1, 0.15) is 30.6 Å². The predicted molar refractivity (Wildman–Crippen MR) is 80.3 cm³/mol. The number of aromatic nitrogens is 1. The minimum Gasteiger partial charge on any atom is -0.308 e. The lowest BCUT2D eigenvalue weighted by Gasteiger charge is -2.19. The fraction of sp³-hybridized carbons (Fsp3) is 0.312. The number of benzene rings is 1. The predicted octanol–water partition coefficient (Wildman–Crippen LogP) is 4.30. The van der Waals surface area contributed by atoms with Gasteiger partial charge in [-0.1, -0.05) is 24.6 Å². The molecule has 1 aromatic carbocycles. The Bertz CT molecular complexity index is 605. The maximum atomic E-state index is 13.9. The zero-order valence-electron chi connectivity index (χ0n) is 11.7. The summed E-state index contributed by atoms with van der Waals surface area (Å²) in [5.74, 6) is -0.775. The average Bonchev–Trinajstić information content (AvgIpc) is 2.46. The first-order chi connectivity index (χ1) is 10.1. The van der Waals surface area contributed by atoms with Crippen LogP contribution in [0.2, 0.25) is 5.02 Å². The molecule has 112 valence electrons. The number of hydrogen-bond acceptors (Lipinski definition) is 2. The quantitative estimate of drug-likeness (QED) is 0.860. The summed E-state index contributed by atoms with van der Waals surface area (Å²) in [7, 11) is 0. The van der Waals surface area contributed by atoms with Gasteiger partial charge >= 0.3 is 0 Å². The van der Waals surface area contributed by atoms with Crippen LogP contribution in [0.5, 0.6) is 0 Å². The van der Waals surface area contributed by atoms with Crippen molar-refractivity contribution in [2.45, 2.75) is 25.8 Å². The van der Waals surface area contributed by atoms with Gasteiger partial charge in [0.15, 0.2) is 0 Å². The lowest BCUT2D eigenvalue weighted by Crippen LogP contribution is -2.26. The molecule has 0 spiro atoms. The minimum absolute atomic E-state index is 0.306. The Morgan fingerprint density at radius 2 is 2.05 bits per heavy atom. The Kier molecular flexibility index (Phi) is 5.65. The fourth-order valence-electron chi connectivity index (χ4n) is 2.15. The molecule has 0 aliphatic carbocycles. The second-order valence-electron chi connectivity index (χ2n) is 4.82. The average molecular weight is 311 g/mol. The normalized spacial score (nSPS) is 12.4. The van der Waals surface area contributed by atoms with E-state index < -0.39 is 0 Å². The van der Waals surface area contributed by atoms with Gasteiger partial charge in [0.05, 0.1) is 11.7 Å². The highest BCUT2D eigenvalue weighted by Gasteiger charge is 2.18. The molecule has 1 N–H and O–H groups in total. The highest BCUT2D eigenvalue weighted by Crippen LogP contribution is 2.22. The zero-order valence-corrected chi connectivity index (χ0v) is 12.5. The molecule has 1 heterocycles. The highest BCUT2D eigenvalue weighted by molar-refractivity contribution is 6.30. The molecule has 1 unspecified atom stereocenters. The first-order valence-electron chi connectivity index (χ1n) is 6.89. The molecule has 0 saturated heterocycles. The molecule has 2 rings (SSSR count). The summed E-state index contributed by atoms with van der Waals surface area (Å²) in [5, 5.41) is 3.56. The third kappa shape index (κ3) is 4.22. The molecule has 2 aromatic rings. The number of nitrogens with zero attached hydrogens (tertiary/aromatic N) is 1. The first kappa shape index (κ1) is 15.9. The van der Waals surface area contributed by atoms with E-state index in [9.17, 15) is 8.78 Å². The van der Waals surface area contributed by atoms with Gasteiger partial charge in [-0.05, 0) is 49.2 Å². The van der Waals surface area contributed by atoms with Crippen LogP contribution in [-0.4, -0.2) is 11.5 Å². The van der Waals surface area contributed by atoms with Crippen molar-refractivity contribution in [3.05, 3.63) is 64.4 Å². The van der Waals surface area contributed by atoms with Gasteiger partial charge < -0.3 is 5.32 Å². The SMILES string of the molecule is CCCNC(Cc1ccc(Cl)cc1F)c1ncccc1F. The van der Waals surface area contributed by atoms with Crippen molar-refractivity contribution >= 4 is 11.6 Å². The monoisotopic (exact) mass is 310 g/mol. The summed E-state index contributed by atoms with van der Waals surface area (Å²) in [5.41, 5.74) is 0.790. The van der Waals surface area contributed by atoms with E-state index in [1.165, 1.54) is 18.3 Å². The molecule has 5 heteroatoms. The van der Waals surface area contributed by atoms with Crippen molar-refractivity contribution in [3.63, 3.8) is 0 Å². The van der Waals surface area contributed by atoms with E-state index in [2.05, 4.69) is 10.3 Å². The van der Waals surface area contributed by atoms with E-state index >= 15 is 0 Å². The van der Waals surface area contributed by atoms with E-state index in [-0.39, 0.29) is 17.7 Å². The van der Waals surface area contributed by atoms with Crippen LogP contribution >= 0.6 is 11.6 Å². The van der Waals surface area contributed by atoms with E-state index in [1.54, 1.807) is 18.2 Å². The number of nitrogens with one attached hydrogen (secondary N) is 1. The van der Waals surface area contributed by atoms with E-state index in [0.29, 0.717) is 29.2 Å².